The fourth-order valence-electron chi connectivity index (χ4n) is 2.72. The molecule has 0 unspecified atom stereocenters. The average molecular weight is 353 g/mol. The first-order chi connectivity index (χ1) is 11.7. The predicted molar refractivity (Wildman–Crippen MR) is 99.9 cm³/mol. The van der Waals surface area contributed by atoms with E-state index in [1.54, 1.807) is 10.9 Å². The summed E-state index contributed by atoms with van der Waals surface area (Å²) in [6.45, 7) is 0.408. The number of hydrogen-bond acceptors (Lipinski definition) is 3. The van der Waals surface area contributed by atoms with Gasteiger partial charge in [-0.1, -0.05) is 60.1 Å². The van der Waals surface area contributed by atoms with Gasteiger partial charge < -0.3 is 0 Å². The molecule has 0 saturated heterocycles. The summed E-state index contributed by atoms with van der Waals surface area (Å²) in [7, 11) is 0. The molecular weight excluding hydrogens is 340 g/mol. The highest BCUT2D eigenvalue weighted by Crippen LogP contribution is 2.30. The Morgan fingerprint density at radius 1 is 1.04 bits per heavy atom. The van der Waals surface area contributed by atoms with Gasteiger partial charge in [0.1, 0.15) is 4.83 Å². The van der Waals surface area contributed by atoms with Crippen LogP contribution in [0.15, 0.2) is 71.1 Å². The normalized spacial score (nSPS) is 11.0. The van der Waals surface area contributed by atoms with Gasteiger partial charge in [-0.25, -0.2) is 4.98 Å². The molecule has 24 heavy (non-hydrogen) atoms. The van der Waals surface area contributed by atoms with E-state index in [1.807, 2.05) is 60.0 Å². The lowest BCUT2D eigenvalue weighted by Gasteiger charge is -2.08. The molecule has 4 aromatic rings. The Balaban J connectivity index is 1.86. The summed E-state index contributed by atoms with van der Waals surface area (Å²) < 4.78 is 1.61. The second-order valence-corrected chi connectivity index (χ2v) is 6.73. The molecule has 4 rings (SSSR count). The van der Waals surface area contributed by atoms with E-state index in [4.69, 9.17) is 11.6 Å². The van der Waals surface area contributed by atoms with Gasteiger partial charge in [-0.3, -0.25) is 9.36 Å². The largest absolute Gasteiger partial charge is 0.294 e. The molecule has 118 valence electrons. The highest BCUT2D eigenvalue weighted by atomic mass is 35.5. The Bertz CT molecular complexity index is 1070. The van der Waals surface area contributed by atoms with Gasteiger partial charge in [-0.05, 0) is 17.2 Å². The highest BCUT2D eigenvalue weighted by Gasteiger charge is 2.13. The van der Waals surface area contributed by atoms with Crippen molar-refractivity contribution >= 4 is 33.2 Å². The van der Waals surface area contributed by atoms with Gasteiger partial charge in [0, 0.05) is 16.0 Å². The maximum atomic E-state index is 13.0. The number of nitrogens with zero attached hydrogens (tertiary/aromatic N) is 2. The Labute approximate surface area is 147 Å². The molecular formula is C19H13ClN2OS. The second kappa shape index (κ2) is 6.23. The van der Waals surface area contributed by atoms with Crippen molar-refractivity contribution in [3.05, 3.63) is 87.2 Å². The van der Waals surface area contributed by atoms with Crippen LogP contribution in [0.3, 0.4) is 0 Å². The smallest absolute Gasteiger partial charge is 0.263 e. The predicted octanol–water partition coefficient (Wildman–Crippen LogP) is 4.83. The van der Waals surface area contributed by atoms with Crippen LogP contribution >= 0.6 is 22.9 Å². The van der Waals surface area contributed by atoms with Crippen LogP contribution in [0.1, 0.15) is 5.56 Å². The first-order valence-corrected chi connectivity index (χ1v) is 8.75. The lowest BCUT2D eigenvalue weighted by molar-refractivity contribution is 0.750. The van der Waals surface area contributed by atoms with Crippen molar-refractivity contribution < 1.29 is 0 Å². The summed E-state index contributed by atoms with van der Waals surface area (Å²) in [6.07, 6.45) is 1.60. The van der Waals surface area contributed by atoms with Gasteiger partial charge in [0.25, 0.3) is 5.56 Å². The standard InChI is InChI=1S/C19H13ClN2OS/c20-16-9-5-4-8-14(16)10-22-12-21-18-17(19(22)23)15(11-24-18)13-6-2-1-3-7-13/h1-9,11-12H,10H2. The number of fused-ring (bicyclic) bond motifs is 1. The summed E-state index contributed by atoms with van der Waals surface area (Å²) in [6, 6.07) is 17.5. The summed E-state index contributed by atoms with van der Waals surface area (Å²) in [5.41, 5.74) is 2.82. The molecule has 0 radical (unpaired) electrons. The molecule has 0 amide bonds. The van der Waals surface area contributed by atoms with Crippen molar-refractivity contribution in [1.82, 2.24) is 9.55 Å². The third kappa shape index (κ3) is 2.64. The number of hydrogen-bond donors (Lipinski definition) is 0. The third-order valence-corrected chi connectivity index (χ3v) is 5.20. The van der Waals surface area contributed by atoms with Crippen molar-refractivity contribution in [1.29, 1.82) is 0 Å². The fourth-order valence-corrected chi connectivity index (χ4v) is 3.82. The van der Waals surface area contributed by atoms with Gasteiger partial charge in [0.15, 0.2) is 0 Å². The van der Waals surface area contributed by atoms with E-state index in [1.165, 1.54) is 11.3 Å². The molecule has 3 nitrogen and oxygen atoms in total. The van der Waals surface area contributed by atoms with Crippen molar-refractivity contribution in [3.63, 3.8) is 0 Å². The molecule has 0 aliphatic rings. The SMILES string of the molecule is O=c1c2c(-c3ccccc3)csc2ncn1Cc1ccccc1Cl. The molecule has 5 heteroatoms. The number of rotatable bonds is 3. The Morgan fingerprint density at radius 3 is 2.58 bits per heavy atom. The van der Waals surface area contributed by atoms with E-state index in [0.717, 1.165) is 21.5 Å². The number of aromatic nitrogens is 2. The van der Waals surface area contributed by atoms with E-state index in [0.29, 0.717) is 17.0 Å². The topological polar surface area (TPSA) is 34.9 Å². The molecule has 0 bridgehead atoms. The zero-order chi connectivity index (χ0) is 16.5. The van der Waals surface area contributed by atoms with Crippen LogP contribution in [-0.2, 0) is 6.54 Å². The summed E-state index contributed by atoms with van der Waals surface area (Å²) in [5.74, 6) is 0. The maximum absolute atomic E-state index is 13.0. The van der Waals surface area contributed by atoms with E-state index >= 15 is 0 Å². The second-order valence-electron chi connectivity index (χ2n) is 5.46. The lowest BCUT2D eigenvalue weighted by atomic mass is 10.1. The van der Waals surface area contributed by atoms with Crippen LogP contribution in [-0.4, -0.2) is 9.55 Å². The molecule has 0 aliphatic carbocycles. The molecule has 0 spiro atoms. The van der Waals surface area contributed by atoms with E-state index in [-0.39, 0.29) is 5.56 Å². The zero-order valence-electron chi connectivity index (χ0n) is 12.6. The molecule has 0 N–H and O–H groups in total. The zero-order valence-corrected chi connectivity index (χ0v) is 14.2. The molecule has 0 fully saturated rings. The summed E-state index contributed by atoms with van der Waals surface area (Å²) in [5, 5.41) is 3.31. The average Bonchev–Trinajstić information content (AvgIpc) is 3.05. The van der Waals surface area contributed by atoms with Crippen molar-refractivity contribution in [2.24, 2.45) is 0 Å². The molecule has 0 aliphatic heterocycles. The molecule has 0 saturated carbocycles. The van der Waals surface area contributed by atoms with Gasteiger partial charge in [0.2, 0.25) is 0 Å². The quantitative estimate of drug-likeness (QED) is 0.529. The fraction of sp³-hybridized carbons (Fsp3) is 0.0526. The summed E-state index contributed by atoms with van der Waals surface area (Å²) >= 11 is 7.71. The van der Waals surface area contributed by atoms with Crippen LogP contribution in [0.25, 0.3) is 21.3 Å². The minimum atomic E-state index is -0.0416. The Hall–Kier alpha value is -2.43. The van der Waals surface area contributed by atoms with Crippen molar-refractivity contribution in [2.45, 2.75) is 6.54 Å². The van der Waals surface area contributed by atoms with E-state index in [9.17, 15) is 4.79 Å². The third-order valence-electron chi connectivity index (χ3n) is 3.94. The van der Waals surface area contributed by atoms with Crippen LogP contribution in [0, 0.1) is 0 Å². The van der Waals surface area contributed by atoms with E-state index < -0.39 is 0 Å². The monoisotopic (exact) mass is 352 g/mol. The van der Waals surface area contributed by atoms with Crippen LogP contribution < -0.4 is 5.56 Å². The van der Waals surface area contributed by atoms with E-state index in [2.05, 4.69) is 4.98 Å². The summed E-state index contributed by atoms with van der Waals surface area (Å²) in [4.78, 5) is 18.2. The minimum absolute atomic E-state index is 0.0416. The number of thiophene rings is 1. The highest BCUT2D eigenvalue weighted by molar-refractivity contribution is 7.17. The molecule has 2 aromatic carbocycles. The Kier molecular flexibility index (Phi) is 3.92. The molecule has 0 atom stereocenters. The number of benzene rings is 2. The molecule has 2 heterocycles. The minimum Gasteiger partial charge on any atom is -0.294 e. The van der Waals surface area contributed by atoms with Gasteiger partial charge in [-0.2, -0.15) is 0 Å². The van der Waals surface area contributed by atoms with Crippen molar-refractivity contribution in [2.75, 3.05) is 0 Å². The van der Waals surface area contributed by atoms with Crippen LogP contribution in [0.5, 0.6) is 0 Å². The van der Waals surface area contributed by atoms with Gasteiger partial charge in [-0.15, -0.1) is 11.3 Å². The first kappa shape index (κ1) is 15.1. The first-order valence-electron chi connectivity index (χ1n) is 7.49. The Morgan fingerprint density at radius 2 is 1.79 bits per heavy atom. The van der Waals surface area contributed by atoms with Gasteiger partial charge in [0.05, 0.1) is 18.3 Å². The lowest BCUT2D eigenvalue weighted by Crippen LogP contribution is -2.21. The maximum Gasteiger partial charge on any atom is 0.263 e. The van der Waals surface area contributed by atoms with Crippen molar-refractivity contribution in [3.8, 4) is 11.1 Å². The van der Waals surface area contributed by atoms with Crippen LogP contribution in [0.4, 0.5) is 0 Å². The molecule has 2 aromatic heterocycles. The van der Waals surface area contributed by atoms with Gasteiger partial charge >= 0.3 is 0 Å². The number of halogens is 1. The van der Waals surface area contributed by atoms with Crippen LogP contribution in [0.2, 0.25) is 5.02 Å².